The largest absolute Gasteiger partial charge is 0.487 e. The van der Waals surface area contributed by atoms with E-state index in [1.165, 1.54) is 0 Å². The van der Waals surface area contributed by atoms with E-state index in [1.807, 2.05) is 30.3 Å². The quantitative estimate of drug-likeness (QED) is 0.869. The molecule has 0 aromatic heterocycles. The van der Waals surface area contributed by atoms with Gasteiger partial charge in [-0.25, -0.2) is 0 Å². The number of carbonyl (C=O) groups excluding carboxylic acids is 1. The van der Waals surface area contributed by atoms with Gasteiger partial charge in [-0.15, -0.1) is 0 Å². The monoisotopic (exact) mass is 383 g/mol. The van der Waals surface area contributed by atoms with Gasteiger partial charge < -0.3 is 10.5 Å². The number of hydrogen-bond donors (Lipinski definition) is 1. The molecule has 0 fully saturated rings. The molecule has 2 N–H and O–H groups in total. The van der Waals surface area contributed by atoms with E-state index >= 15 is 0 Å². The normalized spacial score (nSPS) is 10.2. The SMILES string of the molecule is NC(=O)c1cc(Br)c(OCc2ccccc2)c(Br)c1. The number of rotatable bonds is 4. The predicted octanol–water partition coefficient (Wildman–Crippen LogP) is 3.89. The molecule has 0 saturated heterocycles. The summed E-state index contributed by atoms with van der Waals surface area (Å²) in [6.07, 6.45) is 0. The van der Waals surface area contributed by atoms with E-state index in [2.05, 4.69) is 31.9 Å². The second-order valence-corrected chi connectivity index (χ2v) is 5.62. The molecule has 2 aromatic carbocycles. The van der Waals surface area contributed by atoms with Gasteiger partial charge in [-0.1, -0.05) is 30.3 Å². The second-order valence-electron chi connectivity index (χ2n) is 3.91. The van der Waals surface area contributed by atoms with Crippen LogP contribution in [0.4, 0.5) is 0 Å². The first-order valence-electron chi connectivity index (χ1n) is 5.53. The maximum Gasteiger partial charge on any atom is 0.248 e. The summed E-state index contributed by atoms with van der Waals surface area (Å²) >= 11 is 6.75. The zero-order chi connectivity index (χ0) is 13.8. The van der Waals surface area contributed by atoms with Crippen molar-refractivity contribution in [3.63, 3.8) is 0 Å². The number of carbonyl (C=O) groups is 1. The Hall–Kier alpha value is -1.33. The maximum atomic E-state index is 11.1. The smallest absolute Gasteiger partial charge is 0.248 e. The number of ether oxygens (including phenoxy) is 1. The van der Waals surface area contributed by atoms with E-state index in [0.29, 0.717) is 26.9 Å². The summed E-state index contributed by atoms with van der Waals surface area (Å²) in [5.74, 6) is 0.171. The highest BCUT2D eigenvalue weighted by Crippen LogP contribution is 2.35. The van der Waals surface area contributed by atoms with Crippen LogP contribution in [0.3, 0.4) is 0 Å². The van der Waals surface area contributed by atoms with Crippen molar-refractivity contribution < 1.29 is 9.53 Å². The van der Waals surface area contributed by atoms with E-state index in [9.17, 15) is 4.79 Å². The Morgan fingerprint density at radius 2 is 1.68 bits per heavy atom. The van der Waals surface area contributed by atoms with Crippen molar-refractivity contribution in [2.45, 2.75) is 6.61 Å². The van der Waals surface area contributed by atoms with Crippen LogP contribution in [0.5, 0.6) is 5.75 Å². The van der Waals surface area contributed by atoms with Gasteiger partial charge in [0, 0.05) is 5.56 Å². The topological polar surface area (TPSA) is 52.3 Å². The minimum atomic E-state index is -0.476. The van der Waals surface area contributed by atoms with Crippen LogP contribution in [0.25, 0.3) is 0 Å². The highest BCUT2D eigenvalue weighted by atomic mass is 79.9. The molecule has 98 valence electrons. The van der Waals surface area contributed by atoms with Crippen molar-refractivity contribution in [3.8, 4) is 5.75 Å². The Morgan fingerprint density at radius 3 is 2.21 bits per heavy atom. The van der Waals surface area contributed by atoms with Gasteiger partial charge in [0.05, 0.1) is 8.95 Å². The van der Waals surface area contributed by atoms with Crippen LogP contribution in [-0.2, 0) is 6.61 Å². The van der Waals surface area contributed by atoms with Crippen LogP contribution in [0.2, 0.25) is 0 Å². The molecular weight excluding hydrogens is 374 g/mol. The molecule has 0 heterocycles. The average Bonchev–Trinajstić information content (AvgIpc) is 2.38. The van der Waals surface area contributed by atoms with E-state index in [-0.39, 0.29) is 0 Å². The summed E-state index contributed by atoms with van der Waals surface area (Å²) in [4.78, 5) is 11.1. The Bertz CT molecular complexity index is 577. The second kappa shape index (κ2) is 6.21. The van der Waals surface area contributed by atoms with E-state index in [1.54, 1.807) is 12.1 Å². The molecule has 5 heteroatoms. The summed E-state index contributed by atoms with van der Waals surface area (Å²) < 4.78 is 7.12. The van der Waals surface area contributed by atoms with Gasteiger partial charge in [-0.3, -0.25) is 4.79 Å². The fraction of sp³-hybridized carbons (Fsp3) is 0.0714. The standard InChI is InChI=1S/C14H11Br2NO2/c15-11-6-10(14(17)18)7-12(16)13(11)19-8-9-4-2-1-3-5-9/h1-7H,8H2,(H2,17,18). The van der Waals surface area contributed by atoms with Gasteiger partial charge in [0.25, 0.3) is 0 Å². The first-order valence-corrected chi connectivity index (χ1v) is 7.12. The van der Waals surface area contributed by atoms with Gasteiger partial charge in [0.1, 0.15) is 12.4 Å². The Morgan fingerprint density at radius 1 is 1.11 bits per heavy atom. The molecule has 0 aliphatic carbocycles. The molecule has 0 bridgehead atoms. The molecule has 0 aliphatic rings. The van der Waals surface area contributed by atoms with Crippen LogP contribution in [-0.4, -0.2) is 5.91 Å². The van der Waals surface area contributed by atoms with Crippen molar-refractivity contribution >= 4 is 37.8 Å². The van der Waals surface area contributed by atoms with E-state index in [0.717, 1.165) is 5.56 Å². The Labute approximate surface area is 128 Å². The highest BCUT2D eigenvalue weighted by Gasteiger charge is 2.11. The van der Waals surface area contributed by atoms with Gasteiger partial charge in [0.15, 0.2) is 0 Å². The number of primary amides is 1. The lowest BCUT2D eigenvalue weighted by atomic mass is 10.2. The van der Waals surface area contributed by atoms with Crippen LogP contribution in [0.15, 0.2) is 51.4 Å². The average molecular weight is 385 g/mol. The molecular formula is C14H11Br2NO2. The van der Waals surface area contributed by atoms with Crippen LogP contribution < -0.4 is 10.5 Å². The van der Waals surface area contributed by atoms with E-state index in [4.69, 9.17) is 10.5 Å². The highest BCUT2D eigenvalue weighted by molar-refractivity contribution is 9.11. The summed E-state index contributed by atoms with van der Waals surface area (Å²) in [6.45, 7) is 0.452. The van der Waals surface area contributed by atoms with Crippen LogP contribution in [0, 0.1) is 0 Å². The van der Waals surface area contributed by atoms with Crippen molar-refractivity contribution in [2.24, 2.45) is 5.73 Å². The molecule has 0 unspecified atom stereocenters. The molecule has 19 heavy (non-hydrogen) atoms. The molecule has 2 aromatic rings. The predicted molar refractivity (Wildman–Crippen MR) is 81.1 cm³/mol. The maximum absolute atomic E-state index is 11.1. The van der Waals surface area contributed by atoms with Crippen molar-refractivity contribution in [1.29, 1.82) is 0 Å². The lowest BCUT2D eigenvalue weighted by Gasteiger charge is -2.11. The molecule has 0 saturated carbocycles. The van der Waals surface area contributed by atoms with Crippen LogP contribution >= 0.6 is 31.9 Å². The molecule has 3 nitrogen and oxygen atoms in total. The first-order chi connectivity index (χ1) is 9.08. The minimum Gasteiger partial charge on any atom is -0.487 e. The third-order valence-corrected chi connectivity index (χ3v) is 3.69. The molecule has 1 amide bonds. The lowest BCUT2D eigenvalue weighted by molar-refractivity contribution is 0.1000. The minimum absolute atomic E-state index is 0.422. The third-order valence-electron chi connectivity index (χ3n) is 2.51. The number of nitrogens with two attached hydrogens (primary N) is 1. The molecule has 0 radical (unpaired) electrons. The number of amides is 1. The Balaban J connectivity index is 2.19. The van der Waals surface area contributed by atoms with Crippen LogP contribution in [0.1, 0.15) is 15.9 Å². The van der Waals surface area contributed by atoms with Crippen molar-refractivity contribution in [1.82, 2.24) is 0 Å². The number of benzene rings is 2. The lowest BCUT2D eigenvalue weighted by Crippen LogP contribution is -2.11. The summed E-state index contributed by atoms with van der Waals surface area (Å²) in [7, 11) is 0. The summed E-state index contributed by atoms with van der Waals surface area (Å²) in [5, 5.41) is 0. The van der Waals surface area contributed by atoms with Gasteiger partial charge in [-0.2, -0.15) is 0 Å². The van der Waals surface area contributed by atoms with Gasteiger partial charge >= 0.3 is 0 Å². The molecule has 0 aliphatic heterocycles. The van der Waals surface area contributed by atoms with Crippen molar-refractivity contribution in [3.05, 3.63) is 62.5 Å². The summed E-state index contributed by atoms with van der Waals surface area (Å²) in [5.41, 5.74) is 6.74. The zero-order valence-electron chi connectivity index (χ0n) is 9.90. The van der Waals surface area contributed by atoms with Gasteiger partial charge in [0.2, 0.25) is 5.91 Å². The van der Waals surface area contributed by atoms with E-state index < -0.39 is 5.91 Å². The third kappa shape index (κ3) is 3.58. The molecule has 2 rings (SSSR count). The zero-order valence-corrected chi connectivity index (χ0v) is 13.1. The molecule has 0 spiro atoms. The van der Waals surface area contributed by atoms with Crippen molar-refractivity contribution in [2.75, 3.05) is 0 Å². The fourth-order valence-corrected chi connectivity index (χ4v) is 2.99. The first kappa shape index (κ1) is 14.1. The van der Waals surface area contributed by atoms with Gasteiger partial charge in [-0.05, 0) is 49.6 Å². The number of hydrogen-bond acceptors (Lipinski definition) is 2. The number of halogens is 2. The fourth-order valence-electron chi connectivity index (χ4n) is 1.57. The molecule has 0 atom stereocenters. The Kier molecular flexibility index (Phi) is 4.61. The summed E-state index contributed by atoms with van der Waals surface area (Å²) in [6, 6.07) is 13.1.